The average molecular weight is 253 g/mol. The smallest absolute Gasteiger partial charge is 0.329 e. The van der Waals surface area contributed by atoms with Gasteiger partial charge in [0.05, 0.1) is 0 Å². The summed E-state index contributed by atoms with van der Waals surface area (Å²) in [4.78, 5) is 15.0. The first kappa shape index (κ1) is 14.1. The van der Waals surface area contributed by atoms with Gasteiger partial charge in [0.1, 0.15) is 6.54 Å². The number of carbonyl (C=O) groups excluding carboxylic acids is 1. The number of piperazine rings is 1. The van der Waals surface area contributed by atoms with Gasteiger partial charge in [-0.05, 0) is 13.8 Å². The Morgan fingerprint density at radius 2 is 1.76 bits per heavy atom. The first-order valence-corrected chi connectivity index (χ1v) is 5.63. The Morgan fingerprint density at radius 1 is 1.24 bits per heavy atom. The Morgan fingerprint density at radius 3 is 2.18 bits per heavy atom. The summed E-state index contributed by atoms with van der Waals surface area (Å²) < 4.78 is 35.7. The van der Waals surface area contributed by atoms with E-state index in [0.29, 0.717) is 32.2 Å². The molecule has 1 aliphatic heterocycles. The molecule has 1 N–H and O–H groups in total. The molecule has 1 rings (SSSR count). The molecule has 7 heteroatoms. The molecule has 0 aromatic carbocycles. The fourth-order valence-corrected chi connectivity index (χ4v) is 1.73. The second-order valence-corrected chi connectivity index (χ2v) is 4.39. The third kappa shape index (κ3) is 4.80. The Hall–Kier alpha value is -0.980. The molecule has 0 aromatic rings. The number of rotatable bonds is 2. The van der Waals surface area contributed by atoms with Crippen molar-refractivity contribution in [3.8, 4) is 0 Å². The minimum absolute atomic E-state index is 0.399. The van der Waals surface area contributed by atoms with Crippen LogP contribution in [0.3, 0.4) is 0 Å². The van der Waals surface area contributed by atoms with Crippen LogP contribution in [0, 0.1) is 0 Å². The largest absolute Gasteiger partial charge is 0.405 e. The van der Waals surface area contributed by atoms with Gasteiger partial charge in [-0.3, -0.25) is 4.90 Å². The lowest BCUT2D eigenvalue weighted by molar-refractivity contribution is -0.123. The molecular formula is C10H18F3N3O. The van der Waals surface area contributed by atoms with Crippen molar-refractivity contribution in [3.05, 3.63) is 0 Å². The first-order chi connectivity index (χ1) is 7.79. The maximum Gasteiger partial charge on any atom is 0.405 e. The lowest BCUT2D eigenvalue weighted by atomic mass is 10.2. The third-order valence-corrected chi connectivity index (χ3v) is 2.77. The maximum absolute atomic E-state index is 11.9. The number of carbonyl (C=O) groups is 1. The molecule has 1 saturated heterocycles. The highest BCUT2D eigenvalue weighted by Gasteiger charge is 2.29. The molecule has 0 saturated carbocycles. The molecule has 1 fully saturated rings. The highest BCUT2D eigenvalue weighted by Crippen LogP contribution is 2.12. The number of amides is 2. The van der Waals surface area contributed by atoms with Gasteiger partial charge in [0.25, 0.3) is 0 Å². The van der Waals surface area contributed by atoms with Gasteiger partial charge in [-0.15, -0.1) is 0 Å². The Kier molecular flexibility index (Phi) is 4.62. The molecular weight excluding hydrogens is 235 g/mol. The van der Waals surface area contributed by atoms with Crippen LogP contribution in [0.25, 0.3) is 0 Å². The molecule has 0 unspecified atom stereocenters. The SMILES string of the molecule is CC(C)N1CCN(C(=O)NCC(F)(F)F)CC1. The van der Waals surface area contributed by atoms with Gasteiger partial charge in [0.2, 0.25) is 0 Å². The van der Waals surface area contributed by atoms with Crippen LogP contribution >= 0.6 is 0 Å². The van der Waals surface area contributed by atoms with Crippen LogP contribution in [-0.4, -0.2) is 60.8 Å². The van der Waals surface area contributed by atoms with E-state index in [1.165, 1.54) is 4.90 Å². The Labute approximate surface area is 98.7 Å². The maximum atomic E-state index is 11.9. The lowest BCUT2D eigenvalue weighted by Gasteiger charge is -2.36. The summed E-state index contributed by atoms with van der Waals surface area (Å²) in [5, 5.41) is 1.88. The second-order valence-electron chi connectivity index (χ2n) is 4.39. The molecule has 0 radical (unpaired) electrons. The van der Waals surface area contributed by atoms with Crippen LogP contribution in [0.15, 0.2) is 0 Å². The van der Waals surface area contributed by atoms with Gasteiger partial charge in [-0.1, -0.05) is 0 Å². The summed E-state index contributed by atoms with van der Waals surface area (Å²) >= 11 is 0. The molecule has 0 bridgehead atoms. The van der Waals surface area contributed by atoms with E-state index >= 15 is 0 Å². The molecule has 1 heterocycles. The van der Waals surface area contributed by atoms with E-state index in [2.05, 4.69) is 18.7 Å². The van der Waals surface area contributed by atoms with E-state index in [1.807, 2.05) is 5.32 Å². The van der Waals surface area contributed by atoms with E-state index in [-0.39, 0.29) is 0 Å². The van der Waals surface area contributed by atoms with Crippen LogP contribution in [0.5, 0.6) is 0 Å². The quantitative estimate of drug-likeness (QED) is 0.804. The van der Waals surface area contributed by atoms with E-state index in [1.54, 1.807) is 0 Å². The van der Waals surface area contributed by atoms with E-state index in [9.17, 15) is 18.0 Å². The van der Waals surface area contributed by atoms with Crippen molar-refractivity contribution in [2.45, 2.75) is 26.1 Å². The van der Waals surface area contributed by atoms with Gasteiger partial charge in [0, 0.05) is 32.2 Å². The summed E-state index contributed by atoms with van der Waals surface area (Å²) in [6, 6.07) is -0.235. The summed E-state index contributed by atoms with van der Waals surface area (Å²) in [5.74, 6) is 0. The first-order valence-electron chi connectivity index (χ1n) is 5.63. The van der Waals surface area contributed by atoms with Gasteiger partial charge < -0.3 is 10.2 Å². The summed E-state index contributed by atoms with van der Waals surface area (Å²) in [6.07, 6.45) is -4.35. The fourth-order valence-electron chi connectivity index (χ4n) is 1.73. The van der Waals surface area contributed by atoms with Gasteiger partial charge in [-0.2, -0.15) is 13.2 Å². The average Bonchev–Trinajstić information content (AvgIpc) is 2.25. The molecule has 0 aromatic heterocycles. The topological polar surface area (TPSA) is 35.6 Å². The summed E-state index contributed by atoms with van der Waals surface area (Å²) in [7, 11) is 0. The predicted molar refractivity (Wildman–Crippen MR) is 57.7 cm³/mol. The Bertz CT molecular complexity index is 260. The molecule has 100 valence electrons. The van der Waals surface area contributed by atoms with Crippen molar-refractivity contribution >= 4 is 6.03 Å². The molecule has 4 nitrogen and oxygen atoms in total. The van der Waals surface area contributed by atoms with Crippen LogP contribution in [0.2, 0.25) is 0 Å². The zero-order valence-corrected chi connectivity index (χ0v) is 10.0. The van der Waals surface area contributed by atoms with Gasteiger partial charge in [0.15, 0.2) is 0 Å². The molecule has 17 heavy (non-hydrogen) atoms. The van der Waals surface area contributed by atoms with Crippen LogP contribution in [0.1, 0.15) is 13.8 Å². The summed E-state index contributed by atoms with van der Waals surface area (Å²) in [5.41, 5.74) is 0. The molecule has 0 aliphatic carbocycles. The number of hydrogen-bond donors (Lipinski definition) is 1. The minimum Gasteiger partial charge on any atom is -0.329 e. The van der Waals surface area contributed by atoms with E-state index in [0.717, 1.165) is 0 Å². The van der Waals surface area contributed by atoms with Crippen LogP contribution in [-0.2, 0) is 0 Å². The number of halogens is 3. The molecule has 0 spiro atoms. The van der Waals surface area contributed by atoms with E-state index in [4.69, 9.17) is 0 Å². The zero-order chi connectivity index (χ0) is 13.1. The fraction of sp³-hybridized carbons (Fsp3) is 0.900. The second kappa shape index (κ2) is 5.57. The number of alkyl halides is 3. The number of urea groups is 1. The van der Waals surface area contributed by atoms with Crippen molar-refractivity contribution in [2.75, 3.05) is 32.7 Å². The predicted octanol–water partition coefficient (Wildman–Crippen LogP) is 1.28. The third-order valence-electron chi connectivity index (χ3n) is 2.77. The number of nitrogens with one attached hydrogen (secondary N) is 1. The molecule has 0 atom stereocenters. The zero-order valence-electron chi connectivity index (χ0n) is 10.0. The van der Waals surface area contributed by atoms with Crippen molar-refractivity contribution in [1.82, 2.24) is 15.1 Å². The van der Waals surface area contributed by atoms with Crippen molar-refractivity contribution < 1.29 is 18.0 Å². The normalized spacial score (nSPS) is 18.6. The Balaban J connectivity index is 2.31. The van der Waals surface area contributed by atoms with E-state index < -0.39 is 18.8 Å². The van der Waals surface area contributed by atoms with Gasteiger partial charge >= 0.3 is 12.2 Å². The highest BCUT2D eigenvalue weighted by molar-refractivity contribution is 5.74. The monoisotopic (exact) mass is 253 g/mol. The van der Waals surface area contributed by atoms with Crippen molar-refractivity contribution in [2.24, 2.45) is 0 Å². The standard InChI is InChI=1S/C10H18F3N3O/c1-8(2)15-3-5-16(6-4-15)9(17)14-7-10(11,12)13/h8H,3-7H2,1-2H3,(H,14,17). The van der Waals surface area contributed by atoms with Crippen molar-refractivity contribution in [3.63, 3.8) is 0 Å². The molecule has 2 amide bonds. The number of nitrogens with zero attached hydrogens (tertiary/aromatic N) is 2. The van der Waals surface area contributed by atoms with Gasteiger partial charge in [-0.25, -0.2) is 4.79 Å². The minimum atomic E-state index is -4.35. The lowest BCUT2D eigenvalue weighted by Crippen LogP contribution is -2.54. The molecule has 1 aliphatic rings. The van der Waals surface area contributed by atoms with Crippen LogP contribution < -0.4 is 5.32 Å². The van der Waals surface area contributed by atoms with Crippen molar-refractivity contribution in [1.29, 1.82) is 0 Å². The highest BCUT2D eigenvalue weighted by atomic mass is 19.4. The van der Waals surface area contributed by atoms with Crippen LogP contribution in [0.4, 0.5) is 18.0 Å². The number of hydrogen-bond acceptors (Lipinski definition) is 2. The summed E-state index contributed by atoms with van der Waals surface area (Å²) in [6.45, 7) is 5.20.